The first-order valence-corrected chi connectivity index (χ1v) is 6.00. The molecule has 0 saturated heterocycles. The highest BCUT2D eigenvalue weighted by atomic mass is 32.2. The zero-order valence-corrected chi connectivity index (χ0v) is 8.90. The van der Waals surface area contributed by atoms with Gasteiger partial charge in [0.2, 0.25) is 5.91 Å². The van der Waals surface area contributed by atoms with Gasteiger partial charge in [0.05, 0.1) is 0 Å². The summed E-state index contributed by atoms with van der Waals surface area (Å²) in [5.74, 6) is -0.0346. The smallest absolute Gasteiger partial charge is 0.243 e. The highest BCUT2D eigenvalue weighted by Crippen LogP contribution is 2.26. The van der Waals surface area contributed by atoms with Gasteiger partial charge in [0, 0.05) is 11.3 Å². The van der Waals surface area contributed by atoms with Crippen molar-refractivity contribution in [1.82, 2.24) is 5.32 Å². The van der Waals surface area contributed by atoms with Gasteiger partial charge in [0.25, 0.3) is 0 Å². The van der Waals surface area contributed by atoms with Gasteiger partial charge < -0.3 is 5.32 Å². The molecule has 74 valence electrons. The average molecular weight is 199 g/mol. The molecule has 1 N–H and O–H groups in total. The summed E-state index contributed by atoms with van der Waals surface area (Å²) in [5, 5.41) is 3.75. The highest BCUT2D eigenvalue weighted by Gasteiger charge is 2.20. The van der Waals surface area contributed by atoms with Crippen LogP contribution in [0.3, 0.4) is 0 Å². The van der Waals surface area contributed by atoms with Gasteiger partial charge >= 0.3 is 0 Å². The van der Waals surface area contributed by atoms with Crippen molar-refractivity contribution in [1.29, 1.82) is 0 Å². The van der Waals surface area contributed by atoms with E-state index in [1.165, 1.54) is 18.9 Å². The summed E-state index contributed by atoms with van der Waals surface area (Å²) in [6, 6.07) is 0.383. The van der Waals surface area contributed by atoms with Gasteiger partial charge in [0.15, 0.2) is 0 Å². The number of carbonyl (C=O) groups excluding carboxylic acids is 1. The van der Waals surface area contributed by atoms with Crippen molar-refractivity contribution >= 4 is 17.7 Å². The molecule has 3 heteroatoms. The van der Waals surface area contributed by atoms with Crippen LogP contribution in [0.25, 0.3) is 0 Å². The predicted octanol–water partition coefficient (Wildman–Crippen LogP) is 1.96. The molecule has 0 aromatic rings. The molecule has 0 spiro atoms. The van der Waals surface area contributed by atoms with Gasteiger partial charge in [-0.3, -0.25) is 4.79 Å². The summed E-state index contributed by atoms with van der Waals surface area (Å²) in [6.45, 7) is 3.44. The Hall–Kier alpha value is -0.440. The molecule has 0 heterocycles. The Bertz CT molecular complexity index is 185. The fourth-order valence-corrected chi connectivity index (χ4v) is 2.45. The third-order valence-electron chi connectivity index (χ3n) is 2.54. The maximum atomic E-state index is 11.0. The molecule has 1 aliphatic rings. The van der Waals surface area contributed by atoms with E-state index in [0.29, 0.717) is 6.04 Å². The standard InChI is InChI=1S/C10H17NOS/c1-3-10(12)11-8-4-6-9(13-2)7-5-8/h3,8-9H,1,4-7H2,2H3,(H,11,12)/t8-,9+. The maximum absolute atomic E-state index is 11.0. The van der Waals surface area contributed by atoms with E-state index in [-0.39, 0.29) is 5.91 Å². The largest absolute Gasteiger partial charge is 0.350 e. The van der Waals surface area contributed by atoms with Crippen molar-refractivity contribution in [2.45, 2.75) is 37.0 Å². The van der Waals surface area contributed by atoms with E-state index in [9.17, 15) is 4.79 Å². The first-order chi connectivity index (χ1) is 6.26. The lowest BCUT2D eigenvalue weighted by atomic mass is 9.95. The average Bonchev–Trinajstić information content (AvgIpc) is 2.19. The van der Waals surface area contributed by atoms with E-state index < -0.39 is 0 Å². The van der Waals surface area contributed by atoms with Crippen LogP contribution < -0.4 is 5.32 Å². The summed E-state index contributed by atoms with van der Waals surface area (Å²) in [7, 11) is 0. The van der Waals surface area contributed by atoms with Crippen LogP contribution in [0.2, 0.25) is 0 Å². The first kappa shape index (κ1) is 10.6. The van der Waals surface area contributed by atoms with Crippen molar-refractivity contribution in [3.8, 4) is 0 Å². The molecular formula is C10H17NOS. The number of amides is 1. The zero-order valence-electron chi connectivity index (χ0n) is 8.08. The third kappa shape index (κ3) is 3.43. The second-order valence-corrected chi connectivity index (χ2v) is 4.56. The van der Waals surface area contributed by atoms with Crippen LogP contribution in [0.5, 0.6) is 0 Å². The first-order valence-electron chi connectivity index (χ1n) is 4.72. The van der Waals surface area contributed by atoms with Crippen LogP contribution in [0, 0.1) is 0 Å². The van der Waals surface area contributed by atoms with Gasteiger partial charge in [0.1, 0.15) is 0 Å². The monoisotopic (exact) mass is 199 g/mol. The summed E-state index contributed by atoms with van der Waals surface area (Å²) >= 11 is 1.94. The number of nitrogens with one attached hydrogen (secondary N) is 1. The molecule has 1 aliphatic carbocycles. The van der Waals surface area contributed by atoms with Crippen LogP contribution >= 0.6 is 11.8 Å². The molecule has 0 bridgehead atoms. The molecular weight excluding hydrogens is 182 g/mol. The lowest BCUT2D eigenvalue weighted by Crippen LogP contribution is -2.37. The molecule has 1 saturated carbocycles. The van der Waals surface area contributed by atoms with Crippen LogP contribution in [0.15, 0.2) is 12.7 Å². The lowest BCUT2D eigenvalue weighted by Gasteiger charge is -2.27. The molecule has 0 aromatic carbocycles. The Balaban J connectivity index is 2.24. The molecule has 2 nitrogen and oxygen atoms in total. The van der Waals surface area contributed by atoms with Crippen LogP contribution in [-0.2, 0) is 4.79 Å². The summed E-state index contributed by atoms with van der Waals surface area (Å²) in [5.41, 5.74) is 0. The minimum absolute atomic E-state index is 0.0346. The second kappa shape index (κ2) is 5.32. The Morgan fingerprint density at radius 3 is 2.54 bits per heavy atom. The van der Waals surface area contributed by atoms with Gasteiger partial charge in [-0.2, -0.15) is 11.8 Å². The molecule has 0 radical (unpaired) electrons. The normalized spacial score (nSPS) is 28.1. The van der Waals surface area contributed by atoms with Gasteiger partial charge in [-0.05, 0) is 38.0 Å². The van der Waals surface area contributed by atoms with Crippen molar-refractivity contribution < 1.29 is 4.79 Å². The highest BCUT2D eigenvalue weighted by molar-refractivity contribution is 7.99. The van der Waals surface area contributed by atoms with Gasteiger partial charge in [-0.1, -0.05) is 6.58 Å². The van der Waals surface area contributed by atoms with Crippen molar-refractivity contribution in [3.05, 3.63) is 12.7 Å². The Morgan fingerprint density at radius 2 is 2.08 bits per heavy atom. The molecule has 0 aromatic heterocycles. The minimum Gasteiger partial charge on any atom is -0.350 e. The number of hydrogen-bond acceptors (Lipinski definition) is 2. The van der Waals surface area contributed by atoms with Gasteiger partial charge in [-0.25, -0.2) is 0 Å². The lowest BCUT2D eigenvalue weighted by molar-refractivity contribution is -0.117. The molecule has 1 amide bonds. The van der Waals surface area contributed by atoms with E-state index >= 15 is 0 Å². The van der Waals surface area contributed by atoms with E-state index in [2.05, 4.69) is 18.2 Å². The second-order valence-electron chi connectivity index (χ2n) is 3.42. The minimum atomic E-state index is -0.0346. The van der Waals surface area contributed by atoms with Crippen molar-refractivity contribution in [2.24, 2.45) is 0 Å². The van der Waals surface area contributed by atoms with Gasteiger partial charge in [-0.15, -0.1) is 0 Å². The Labute approximate surface area is 84.2 Å². The number of thioether (sulfide) groups is 1. The predicted molar refractivity (Wildman–Crippen MR) is 57.9 cm³/mol. The molecule has 1 rings (SSSR count). The van der Waals surface area contributed by atoms with Crippen molar-refractivity contribution in [2.75, 3.05) is 6.26 Å². The molecule has 13 heavy (non-hydrogen) atoms. The van der Waals surface area contributed by atoms with Crippen LogP contribution in [0.1, 0.15) is 25.7 Å². The number of rotatable bonds is 3. The summed E-state index contributed by atoms with van der Waals surface area (Å²) < 4.78 is 0. The Morgan fingerprint density at radius 1 is 1.46 bits per heavy atom. The van der Waals surface area contributed by atoms with Crippen LogP contribution in [0.4, 0.5) is 0 Å². The van der Waals surface area contributed by atoms with Crippen molar-refractivity contribution in [3.63, 3.8) is 0 Å². The quantitative estimate of drug-likeness (QED) is 0.704. The van der Waals surface area contributed by atoms with Crippen LogP contribution in [-0.4, -0.2) is 23.5 Å². The third-order valence-corrected chi connectivity index (χ3v) is 3.68. The van der Waals surface area contributed by atoms with E-state index in [0.717, 1.165) is 18.1 Å². The fraction of sp³-hybridized carbons (Fsp3) is 0.700. The molecule has 1 fully saturated rings. The SMILES string of the molecule is C=CC(=O)N[C@H]1CC[C@@H](SC)CC1. The Kier molecular flexibility index (Phi) is 4.36. The topological polar surface area (TPSA) is 29.1 Å². The molecule has 0 atom stereocenters. The number of hydrogen-bond donors (Lipinski definition) is 1. The fourth-order valence-electron chi connectivity index (χ4n) is 1.70. The maximum Gasteiger partial charge on any atom is 0.243 e. The number of carbonyl (C=O) groups is 1. The summed E-state index contributed by atoms with van der Waals surface area (Å²) in [6.07, 6.45) is 8.19. The van der Waals surface area contributed by atoms with E-state index in [1.807, 2.05) is 11.8 Å². The summed E-state index contributed by atoms with van der Waals surface area (Å²) in [4.78, 5) is 11.0. The van der Waals surface area contributed by atoms with E-state index in [4.69, 9.17) is 0 Å². The molecule has 0 unspecified atom stereocenters. The van der Waals surface area contributed by atoms with E-state index in [1.54, 1.807) is 0 Å². The zero-order chi connectivity index (χ0) is 9.68. The molecule has 0 aliphatic heterocycles.